The topological polar surface area (TPSA) is 114 Å². The molecule has 10 heteroatoms. The molecule has 0 aliphatic carbocycles. The smallest absolute Gasteiger partial charge is 0.306 e. The molecule has 3 atom stereocenters. The molecular weight excluding hydrogens is 964 g/mol. The fourth-order valence-corrected chi connectivity index (χ4v) is 8.87. The van der Waals surface area contributed by atoms with Crippen molar-refractivity contribution in [3.05, 3.63) is 109 Å². The van der Waals surface area contributed by atoms with E-state index in [9.17, 15) is 19.0 Å². The lowest BCUT2D eigenvalue weighted by molar-refractivity contribution is -0.870. The van der Waals surface area contributed by atoms with Crippen molar-refractivity contribution in [3.63, 3.8) is 0 Å². The molecule has 1 amide bonds. The summed E-state index contributed by atoms with van der Waals surface area (Å²) >= 11 is 0. The number of likely N-dealkylation sites (N-methyl/N-ethyl adjacent to an activating group) is 1. The minimum atomic E-state index is -4.72. The third-order valence-corrected chi connectivity index (χ3v) is 13.9. The normalized spacial score (nSPS) is 14.5. The average Bonchev–Trinajstić information content (AvgIpc) is 3.38. The lowest BCUT2D eigenvalue weighted by Gasteiger charge is -2.30. The van der Waals surface area contributed by atoms with Gasteiger partial charge < -0.3 is 28.5 Å². The van der Waals surface area contributed by atoms with Gasteiger partial charge in [0.2, 0.25) is 5.91 Å². The Bertz CT molecular complexity index is 1670. The van der Waals surface area contributed by atoms with Gasteiger partial charge in [-0.2, -0.15) is 0 Å². The summed E-state index contributed by atoms with van der Waals surface area (Å²) in [7, 11) is 1.12. The largest absolute Gasteiger partial charge is 0.756 e. The number of quaternary nitrogens is 1. The second-order valence-corrected chi connectivity index (χ2v) is 22.9. The summed E-state index contributed by atoms with van der Waals surface area (Å²) in [6.07, 6.45) is 74.9. The Morgan fingerprint density at radius 3 is 1.25 bits per heavy atom. The number of hydrogen-bond donors (Lipinski definition) is 1. The number of unbranched alkanes of at least 4 members (excludes halogenated alkanes) is 22. The predicted octanol–water partition coefficient (Wildman–Crippen LogP) is 18.3. The Morgan fingerprint density at radius 1 is 0.461 bits per heavy atom. The molecule has 0 radical (unpaired) electrons. The lowest BCUT2D eigenvalue weighted by atomic mass is 10.1. The Balaban J connectivity index is 5.40. The van der Waals surface area contributed by atoms with Gasteiger partial charge in [0, 0.05) is 12.8 Å². The van der Waals surface area contributed by atoms with Gasteiger partial charge >= 0.3 is 5.97 Å². The minimum absolute atomic E-state index is 0.0412. The molecule has 0 saturated carbocycles. The standard InChI is InChI=1S/C66H115N2O7P/c1-7-10-13-16-19-22-25-28-30-32-33-34-35-37-39-41-44-47-50-53-56-59-66(70)75-64(57-54-51-48-45-42-27-24-21-18-15-12-9-3)63(62-74-76(71,72)73-61-60-68(4,5)6)67-65(69)58-55-52-49-46-43-40-38-36-31-29-26-23-20-17-14-11-8-2/h19-20,22-23,28-31,33-34,37-40,46,49,54,57,63-64H,7-18,21,24-27,32,35-36,41-45,47-48,50-53,55-56,58-62H2,1-6H3,(H-,67,69,71,72)/b22-19-,23-20-,30-28-,31-29-,34-33-,39-37-,40-38-,49-46-,57-54+. The molecule has 0 aromatic heterocycles. The molecule has 0 spiro atoms. The highest BCUT2D eigenvalue weighted by Gasteiger charge is 2.27. The van der Waals surface area contributed by atoms with Gasteiger partial charge in [-0.3, -0.25) is 14.2 Å². The summed E-state index contributed by atoms with van der Waals surface area (Å²) in [6, 6.07) is -0.931. The minimum Gasteiger partial charge on any atom is -0.756 e. The fraction of sp³-hybridized carbons (Fsp3) is 0.697. The van der Waals surface area contributed by atoms with Crippen LogP contribution in [-0.4, -0.2) is 69.4 Å². The van der Waals surface area contributed by atoms with E-state index in [1.165, 1.54) is 103 Å². The number of amides is 1. The Labute approximate surface area is 468 Å². The van der Waals surface area contributed by atoms with Crippen LogP contribution in [0.15, 0.2) is 109 Å². The first-order valence-electron chi connectivity index (χ1n) is 30.7. The summed E-state index contributed by atoms with van der Waals surface area (Å²) in [5.74, 6) is -0.634. The second kappa shape index (κ2) is 55.0. The molecule has 0 bridgehead atoms. The molecule has 0 heterocycles. The summed E-state index contributed by atoms with van der Waals surface area (Å²) in [5.41, 5.74) is 0. The molecule has 0 aromatic carbocycles. The van der Waals surface area contributed by atoms with E-state index < -0.39 is 26.6 Å². The zero-order chi connectivity index (χ0) is 55.7. The molecule has 3 unspecified atom stereocenters. The number of carbonyl (C=O) groups excluding carboxylic acids is 2. The number of esters is 1. The number of phosphoric acid groups is 1. The van der Waals surface area contributed by atoms with Crippen molar-refractivity contribution in [2.24, 2.45) is 0 Å². The molecule has 0 rings (SSSR count). The van der Waals surface area contributed by atoms with E-state index in [2.05, 4.69) is 123 Å². The average molecular weight is 1080 g/mol. The number of carbonyl (C=O) groups is 2. The van der Waals surface area contributed by atoms with E-state index in [4.69, 9.17) is 13.8 Å². The number of phosphoric ester groups is 1. The van der Waals surface area contributed by atoms with Crippen molar-refractivity contribution < 1.29 is 37.3 Å². The van der Waals surface area contributed by atoms with Crippen molar-refractivity contribution in [1.29, 1.82) is 0 Å². The monoisotopic (exact) mass is 1080 g/mol. The SMILES string of the molecule is CCCCC/C=C\C/C=C\C/C=C\C/C=C\CCCCCCCC(=O)OC(/C=C/CCCCCCCCCCCC)C(COP(=O)([O-])OCC[N+](C)(C)C)NC(=O)CCC/C=C\C/C=C\C/C=C\C/C=C\CCCCC. The highest BCUT2D eigenvalue weighted by atomic mass is 31.2. The molecule has 76 heavy (non-hydrogen) atoms. The fourth-order valence-electron chi connectivity index (χ4n) is 8.14. The van der Waals surface area contributed by atoms with Crippen LogP contribution in [0.2, 0.25) is 0 Å². The predicted molar refractivity (Wildman–Crippen MR) is 325 cm³/mol. The maximum Gasteiger partial charge on any atom is 0.306 e. The quantitative estimate of drug-likeness (QED) is 0.0212. The maximum absolute atomic E-state index is 13.5. The van der Waals surface area contributed by atoms with E-state index in [1.54, 1.807) is 0 Å². The van der Waals surface area contributed by atoms with Gasteiger partial charge in [0.25, 0.3) is 7.82 Å². The van der Waals surface area contributed by atoms with Crippen LogP contribution < -0.4 is 10.2 Å². The Morgan fingerprint density at radius 2 is 0.816 bits per heavy atom. The molecular formula is C66H115N2O7P. The highest BCUT2D eigenvalue weighted by molar-refractivity contribution is 7.45. The van der Waals surface area contributed by atoms with Crippen molar-refractivity contribution in [3.8, 4) is 0 Å². The Hall–Kier alpha value is -3.33. The van der Waals surface area contributed by atoms with Crippen molar-refractivity contribution >= 4 is 19.7 Å². The number of hydrogen-bond acceptors (Lipinski definition) is 7. The van der Waals surface area contributed by atoms with Gasteiger partial charge in [-0.05, 0) is 115 Å². The molecule has 436 valence electrons. The zero-order valence-corrected chi connectivity index (χ0v) is 50.6. The van der Waals surface area contributed by atoms with E-state index in [1.807, 2.05) is 33.3 Å². The van der Waals surface area contributed by atoms with Crippen molar-refractivity contribution in [2.75, 3.05) is 40.9 Å². The molecule has 9 nitrogen and oxygen atoms in total. The summed E-state index contributed by atoms with van der Waals surface area (Å²) < 4.78 is 30.2. The van der Waals surface area contributed by atoms with Crippen LogP contribution in [0.25, 0.3) is 0 Å². The molecule has 1 N–H and O–H groups in total. The molecule has 0 aliphatic heterocycles. The first-order valence-corrected chi connectivity index (χ1v) is 32.2. The van der Waals surface area contributed by atoms with Crippen LogP contribution in [0.4, 0.5) is 0 Å². The van der Waals surface area contributed by atoms with Crippen molar-refractivity contribution in [1.82, 2.24) is 5.32 Å². The number of rotatable bonds is 54. The van der Waals surface area contributed by atoms with E-state index in [0.29, 0.717) is 23.9 Å². The summed E-state index contributed by atoms with van der Waals surface area (Å²) in [6.45, 7) is 6.71. The first kappa shape index (κ1) is 72.7. The zero-order valence-electron chi connectivity index (χ0n) is 49.7. The van der Waals surface area contributed by atoms with Gasteiger partial charge in [-0.1, -0.05) is 227 Å². The van der Waals surface area contributed by atoms with Crippen LogP contribution in [0.1, 0.15) is 245 Å². The Kier molecular flexibility index (Phi) is 52.6. The second-order valence-electron chi connectivity index (χ2n) is 21.5. The lowest BCUT2D eigenvalue weighted by Crippen LogP contribution is -2.47. The first-order chi connectivity index (χ1) is 36.9. The van der Waals surface area contributed by atoms with E-state index in [0.717, 1.165) is 96.3 Å². The highest BCUT2D eigenvalue weighted by Crippen LogP contribution is 2.38. The van der Waals surface area contributed by atoms with E-state index in [-0.39, 0.29) is 31.3 Å². The maximum atomic E-state index is 13.5. The van der Waals surface area contributed by atoms with Gasteiger partial charge in [0.1, 0.15) is 19.3 Å². The van der Waals surface area contributed by atoms with Gasteiger partial charge in [-0.25, -0.2) is 0 Å². The van der Waals surface area contributed by atoms with Gasteiger partial charge in [-0.15, -0.1) is 0 Å². The molecule has 0 saturated heterocycles. The summed E-state index contributed by atoms with van der Waals surface area (Å²) in [5, 5.41) is 2.98. The number of nitrogens with zero attached hydrogens (tertiary/aromatic N) is 1. The van der Waals surface area contributed by atoms with Crippen molar-refractivity contribution in [2.45, 2.75) is 258 Å². The summed E-state index contributed by atoms with van der Waals surface area (Å²) in [4.78, 5) is 39.9. The molecule has 0 aliphatic rings. The molecule has 0 fully saturated rings. The third-order valence-electron chi connectivity index (χ3n) is 12.9. The van der Waals surface area contributed by atoms with Gasteiger partial charge in [0.05, 0.1) is 33.8 Å². The van der Waals surface area contributed by atoms with E-state index >= 15 is 0 Å². The molecule has 0 aromatic rings. The third kappa shape index (κ3) is 55.4. The van der Waals surface area contributed by atoms with Crippen LogP contribution in [-0.2, 0) is 27.9 Å². The number of nitrogens with one attached hydrogen (secondary N) is 1. The van der Waals surface area contributed by atoms with Crippen LogP contribution >= 0.6 is 7.82 Å². The number of allylic oxidation sites excluding steroid dienone is 17. The van der Waals surface area contributed by atoms with Crippen LogP contribution in [0.3, 0.4) is 0 Å². The number of ether oxygens (including phenoxy) is 1. The van der Waals surface area contributed by atoms with Gasteiger partial charge in [0.15, 0.2) is 0 Å². The van der Waals surface area contributed by atoms with Crippen LogP contribution in [0, 0.1) is 0 Å². The van der Waals surface area contributed by atoms with Crippen LogP contribution in [0.5, 0.6) is 0 Å².